The van der Waals surface area contributed by atoms with Crippen molar-refractivity contribution in [1.82, 2.24) is 9.97 Å². The minimum atomic E-state index is -0.905. The van der Waals surface area contributed by atoms with Crippen molar-refractivity contribution in [3.8, 4) is 0 Å². The standard InChI is InChI=1S/C9H15ClN4O2/c1-5-6(11)7(13-8(10)12-5)14-9(2,3-15)4-16/h15-16H,3-4,11H2,1-2H3,(H,12,13,14). The lowest BCUT2D eigenvalue weighted by Gasteiger charge is -2.27. The van der Waals surface area contributed by atoms with E-state index in [1.807, 2.05) is 0 Å². The van der Waals surface area contributed by atoms with Gasteiger partial charge in [-0.3, -0.25) is 0 Å². The van der Waals surface area contributed by atoms with E-state index < -0.39 is 5.54 Å². The van der Waals surface area contributed by atoms with Gasteiger partial charge in [-0.15, -0.1) is 0 Å². The Kier molecular flexibility index (Phi) is 3.90. The summed E-state index contributed by atoms with van der Waals surface area (Å²) < 4.78 is 0. The van der Waals surface area contributed by atoms with Gasteiger partial charge in [0.15, 0.2) is 5.82 Å². The minimum Gasteiger partial charge on any atom is -0.394 e. The second-order valence-corrected chi connectivity index (χ2v) is 4.18. The topological polar surface area (TPSA) is 104 Å². The summed E-state index contributed by atoms with van der Waals surface area (Å²) in [6.07, 6.45) is 0. The predicted molar refractivity (Wildman–Crippen MR) is 62.4 cm³/mol. The lowest BCUT2D eigenvalue weighted by Crippen LogP contribution is -2.43. The summed E-state index contributed by atoms with van der Waals surface area (Å²) in [5, 5.41) is 21.2. The summed E-state index contributed by atoms with van der Waals surface area (Å²) in [5.41, 5.74) is 5.74. The van der Waals surface area contributed by atoms with Crippen molar-refractivity contribution < 1.29 is 10.2 Å². The second kappa shape index (κ2) is 4.82. The van der Waals surface area contributed by atoms with Crippen LogP contribution in [0.25, 0.3) is 0 Å². The normalized spacial score (nSPS) is 11.6. The van der Waals surface area contributed by atoms with Crippen molar-refractivity contribution in [2.75, 3.05) is 24.3 Å². The van der Waals surface area contributed by atoms with Crippen LogP contribution in [0, 0.1) is 6.92 Å². The van der Waals surface area contributed by atoms with Gasteiger partial charge in [0.05, 0.1) is 30.1 Å². The average molecular weight is 247 g/mol. The van der Waals surface area contributed by atoms with Gasteiger partial charge < -0.3 is 21.3 Å². The minimum absolute atomic E-state index is 0.0624. The zero-order valence-corrected chi connectivity index (χ0v) is 9.91. The molecule has 7 heteroatoms. The van der Waals surface area contributed by atoms with Gasteiger partial charge in [0.1, 0.15) is 0 Å². The van der Waals surface area contributed by atoms with Crippen LogP contribution in [0.3, 0.4) is 0 Å². The Morgan fingerprint density at radius 3 is 2.44 bits per heavy atom. The maximum Gasteiger partial charge on any atom is 0.224 e. The quantitative estimate of drug-likeness (QED) is 0.565. The molecule has 16 heavy (non-hydrogen) atoms. The first-order valence-corrected chi connectivity index (χ1v) is 5.09. The fraction of sp³-hybridized carbons (Fsp3) is 0.556. The van der Waals surface area contributed by atoms with Crippen LogP contribution < -0.4 is 11.1 Å². The van der Waals surface area contributed by atoms with Gasteiger partial charge in [-0.25, -0.2) is 4.98 Å². The van der Waals surface area contributed by atoms with Crippen molar-refractivity contribution in [2.24, 2.45) is 0 Å². The van der Waals surface area contributed by atoms with Gasteiger partial charge in [-0.05, 0) is 25.4 Å². The number of halogens is 1. The first kappa shape index (κ1) is 13.0. The van der Waals surface area contributed by atoms with Crippen molar-refractivity contribution in [3.05, 3.63) is 11.0 Å². The first-order chi connectivity index (χ1) is 7.41. The molecule has 0 amide bonds. The van der Waals surface area contributed by atoms with Crippen molar-refractivity contribution in [3.63, 3.8) is 0 Å². The number of nitrogens with two attached hydrogens (primary N) is 1. The predicted octanol–water partition coefficient (Wildman–Crippen LogP) is 0.176. The number of nitrogens with one attached hydrogen (secondary N) is 1. The number of nitrogen functional groups attached to an aromatic ring is 1. The molecule has 0 saturated carbocycles. The third kappa shape index (κ3) is 2.72. The highest BCUT2D eigenvalue weighted by Gasteiger charge is 2.24. The maximum atomic E-state index is 9.14. The summed E-state index contributed by atoms with van der Waals surface area (Å²) in [7, 11) is 0. The molecule has 90 valence electrons. The summed E-state index contributed by atoms with van der Waals surface area (Å²) in [5.74, 6) is 0.308. The van der Waals surface area contributed by atoms with Crippen LogP contribution in [0.15, 0.2) is 0 Å². The van der Waals surface area contributed by atoms with E-state index in [1.54, 1.807) is 13.8 Å². The third-order valence-electron chi connectivity index (χ3n) is 2.23. The number of hydrogen-bond acceptors (Lipinski definition) is 6. The van der Waals surface area contributed by atoms with E-state index in [-0.39, 0.29) is 18.5 Å². The van der Waals surface area contributed by atoms with Crippen LogP contribution in [0.5, 0.6) is 0 Å². The molecule has 1 aromatic rings. The highest BCUT2D eigenvalue weighted by molar-refractivity contribution is 6.28. The summed E-state index contributed by atoms with van der Waals surface area (Å²) in [6, 6.07) is 0. The summed E-state index contributed by atoms with van der Waals surface area (Å²) in [4.78, 5) is 7.79. The molecular weight excluding hydrogens is 232 g/mol. The van der Waals surface area contributed by atoms with Crippen LogP contribution >= 0.6 is 11.6 Å². The van der Waals surface area contributed by atoms with Crippen molar-refractivity contribution in [1.29, 1.82) is 0 Å². The molecule has 0 spiro atoms. The molecule has 1 heterocycles. The Morgan fingerprint density at radius 2 is 1.94 bits per heavy atom. The van der Waals surface area contributed by atoms with Crippen LogP contribution in [0.1, 0.15) is 12.6 Å². The molecule has 0 unspecified atom stereocenters. The number of aromatic nitrogens is 2. The maximum absolute atomic E-state index is 9.14. The number of aliphatic hydroxyl groups is 2. The van der Waals surface area contributed by atoms with Crippen LogP contribution in [-0.4, -0.2) is 38.9 Å². The Morgan fingerprint density at radius 1 is 1.38 bits per heavy atom. The van der Waals surface area contributed by atoms with E-state index in [1.165, 1.54) is 0 Å². The summed E-state index contributed by atoms with van der Waals surface area (Å²) in [6.45, 7) is 2.81. The number of rotatable bonds is 4. The molecule has 1 aromatic heterocycles. The molecule has 1 rings (SSSR count). The van der Waals surface area contributed by atoms with E-state index in [4.69, 9.17) is 27.5 Å². The van der Waals surface area contributed by atoms with E-state index in [0.29, 0.717) is 17.2 Å². The number of hydrogen-bond donors (Lipinski definition) is 4. The number of aryl methyl sites for hydroxylation is 1. The monoisotopic (exact) mass is 246 g/mol. The lowest BCUT2D eigenvalue weighted by molar-refractivity contribution is 0.147. The molecule has 5 N–H and O–H groups in total. The number of aliphatic hydroxyl groups excluding tert-OH is 2. The second-order valence-electron chi connectivity index (χ2n) is 3.84. The SMILES string of the molecule is Cc1nc(Cl)nc(NC(C)(CO)CO)c1N. The van der Waals surface area contributed by atoms with Crippen molar-refractivity contribution in [2.45, 2.75) is 19.4 Å². The fourth-order valence-electron chi connectivity index (χ4n) is 1.06. The van der Waals surface area contributed by atoms with Gasteiger partial charge in [-0.2, -0.15) is 4.98 Å². The smallest absolute Gasteiger partial charge is 0.224 e. The van der Waals surface area contributed by atoms with Gasteiger partial charge in [-0.1, -0.05) is 0 Å². The van der Waals surface area contributed by atoms with E-state index in [2.05, 4.69) is 15.3 Å². The van der Waals surface area contributed by atoms with Gasteiger partial charge in [0.2, 0.25) is 5.28 Å². The highest BCUT2D eigenvalue weighted by Crippen LogP contribution is 2.23. The number of nitrogens with zero attached hydrogens (tertiary/aromatic N) is 2. The summed E-state index contributed by atoms with van der Waals surface area (Å²) >= 11 is 5.69. The molecule has 6 nitrogen and oxygen atoms in total. The van der Waals surface area contributed by atoms with Crippen LogP contribution in [0.2, 0.25) is 5.28 Å². The Balaban J connectivity index is 3.05. The molecule has 0 atom stereocenters. The first-order valence-electron chi connectivity index (χ1n) is 4.71. The lowest BCUT2D eigenvalue weighted by atomic mass is 10.1. The highest BCUT2D eigenvalue weighted by atomic mass is 35.5. The zero-order valence-electron chi connectivity index (χ0n) is 9.16. The van der Waals surface area contributed by atoms with Gasteiger partial charge in [0.25, 0.3) is 0 Å². The van der Waals surface area contributed by atoms with Crippen LogP contribution in [0.4, 0.5) is 11.5 Å². The fourth-order valence-corrected chi connectivity index (χ4v) is 1.27. The average Bonchev–Trinajstić information content (AvgIpc) is 2.25. The zero-order chi connectivity index (χ0) is 12.3. The Hall–Kier alpha value is -1.11. The van der Waals surface area contributed by atoms with Gasteiger partial charge >= 0.3 is 0 Å². The molecule has 0 radical (unpaired) electrons. The number of anilines is 2. The molecule has 0 aliphatic heterocycles. The third-order valence-corrected chi connectivity index (χ3v) is 2.40. The van der Waals surface area contributed by atoms with E-state index in [9.17, 15) is 0 Å². The molecule has 0 bridgehead atoms. The van der Waals surface area contributed by atoms with Crippen molar-refractivity contribution >= 4 is 23.1 Å². The molecule has 0 aliphatic carbocycles. The Bertz CT molecular complexity index is 382. The molecule has 0 aromatic carbocycles. The largest absolute Gasteiger partial charge is 0.394 e. The van der Waals surface area contributed by atoms with E-state index >= 15 is 0 Å². The molecular formula is C9H15ClN4O2. The molecule has 0 saturated heterocycles. The van der Waals surface area contributed by atoms with Crippen LogP contribution in [-0.2, 0) is 0 Å². The molecule has 0 aliphatic rings. The van der Waals surface area contributed by atoms with Gasteiger partial charge in [0, 0.05) is 0 Å². The van der Waals surface area contributed by atoms with E-state index in [0.717, 1.165) is 0 Å². The molecule has 0 fully saturated rings. The Labute approximate surface area is 98.5 Å².